The topological polar surface area (TPSA) is 85.1 Å². The Morgan fingerprint density at radius 2 is 1.95 bits per heavy atom. The summed E-state index contributed by atoms with van der Waals surface area (Å²) in [4.78, 5) is 4.16. The van der Waals surface area contributed by atoms with Gasteiger partial charge in [-0.2, -0.15) is 0 Å². The number of nitrogens with two attached hydrogens (primary N) is 1. The minimum absolute atomic E-state index is 0.0663. The average Bonchev–Trinajstić information content (AvgIpc) is 2.82. The van der Waals surface area contributed by atoms with E-state index in [2.05, 4.69) is 9.71 Å². The van der Waals surface area contributed by atoms with Crippen molar-refractivity contribution in [3.8, 4) is 0 Å². The molecule has 5 nitrogen and oxygen atoms in total. The molecule has 0 atom stereocenters. The Labute approximate surface area is 130 Å². The number of nitrogens with zero attached hydrogens (tertiary/aromatic N) is 1. The van der Waals surface area contributed by atoms with Crippen LogP contribution in [-0.2, 0) is 10.0 Å². The molecule has 0 bridgehead atoms. The van der Waals surface area contributed by atoms with Crippen LogP contribution in [-0.4, -0.2) is 13.4 Å². The van der Waals surface area contributed by atoms with Crippen molar-refractivity contribution in [1.29, 1.82) is 0 Å². The first-order chi connectivity index (χ1) is 9.95. The lowest BCUT2D eigenvalue weighted by atomic mass is 10.3. The molecule has 0 saturated carbocycles. The number of aromatic nitrogens is 1. The van der Waals surface area contributed by atoms with Gasteiger partial charge in [-0.1, -0.05) is 35.1 Å². The normalized spacial score (nSPS) is 11.7. The number of nitrogen functional groups attached to an aromatic ring is 1. The highest BCUT2D eigenvalue weighted by atomic mass is 35.5. The predicted octanol–water partition coefficient (Wildman–Crippen LogP) is 3.33. The van der Waals surface area contributed by atoms with Gasteiger partial charge in [0.25, 0.3) is 10.0 Å². The van der Waals surface area contributed by atoms with E-state index in [9.17, 15) is 8.42 Å². The van der Waals surface area contributed by atoms with Gasteiger partial charge in [0.05, 0.1) is 15.2 Å². The summed E-state index contributed by atoms with van der Waals surface area (Å²) in [5, 5.41) is 0.396. The van der Waals surface area contributed by atoms with Crippen LogP contribution in [0.4, 0.5) is 10.8 Å². The van der Waals surface area contributed by atoms with Crippen LogP contribution in [0.15, 0.2) is 47.4 Å². The summed E-state index contributed by atoms with van der Waals surface area (Å²) in [6, 6.07) is 11.7. The number of thiazole rings is 1. The third kappa shape index (κ3) is 2.80. The molecule has 0 aliphatic heterocycles. The first-order valence-corrected chi connectivity index (χ1v) is 8.57. The highest BCUT2D eigenvalue weighted by Gasteiger charge is 2.20. The van der Waals surface area contributed by atoms with Crippen molar-refractivity contribution in [3.63, 3.8) is 0 Å². The second-order valence-electron chi connectivity index (χ2n) is 4.28. The number of para-hydroxylation sites is 1. The monoisotopic (exact) mass is 339 g/mol. The Kier molecular flexibility index (Phi) is 3.48. The maximum absolute atomic E-state index is 12.4. The Morgan fingerprint density at radius 3 is 2.71 bits per heavy atom. The number of halogens is 1. The van der Waals surface area contributed by atoms with Crippen molar-refractivity contribution in [1.82, 2.24) is 4.98 Å². The predicted molar refractivity (Wildman–Crippen MR) is 86.3 cm³/mol. The molecule has 0 amide bonds. The average molecular weight is 340 g/mol. The van der Waals surface area contributed by atoms with Crippen LogP contribution in [0.25, 0.3) is 10.2 Å². The summed E-state index contributed by atoms with van der Waals surface area (Å²) in [6.45, 7) is 0. The van der Waals surface area contributed by atoms with E-state index in [1.807, 2.05) is 24.3 Å². The van der Waals surface area contributed by atoms with Gasteiger partial charge in [-0.15, -0.1) is 0 Å². The van der Waals surface area contributed by atoms with Crippen LogP contribution in [0.5, 0.6) is 0 Å². The van der Waals surface area contributed by atoms with Crippen molar-refractivity contribution < 1.29 is 8.42 Å². The second-order valence-corrected chi connectivity index (χ2v) is 7.37. The van der Waals surface area contributed by atoms with Crippen molar-refractivity contribution in [2.75, 3.05) is 10.5 Å². The second kappa shape index (κ2) is 5.18. The highest BCUT2D eigenvalue weighted by Crippen LogP contribution is 2.30. The maximum Gasteiger partial charge on any atom is 0.265 e. The molecule has 0 radical (unpaired) electrons. The fourth-order valence-corrected chi connectivity index (χ4v) is 4.45. The maximum atomic E-state index is 12.4. The van der Waals surface area contributed by atoms with Crippen LogP contribution in [0.1, 0.15) is 0 Å². The van der Waals surface area contributed by atoms with E-state index in [1.165, 1.54) is 23.5 Å². The van der Waals surface area contributed by atoms with E-state index in [4.69, 9.17) is 17.3 Å². The van der Waals surface area contributed by atoms with E-state index >= 15 is 0 Å². The number of anilines is 2. The molecule has 0 unspecified atom stereocenters. The lowest BCUT2D eigenvalue weighted by Crippen LogP contribution is -2.13. The minimum atomic E-state index is -3.83. The summed E-state index contributed by atoms with van der Waals surface area (Å²) in [7, 11) is -3.83. The molecule has 21 heavy (non-hydrogen) atoms. The van der Waals surface area contributed by atoms with E-state index in [1.54, 1.807) is 6.07 Å². The highest BCUT2D eigenvalue weighted by molar-refractivity contribution is 7.93. The largest absolute Gasteiger partial charge is 0.399 e. The number of fused-ring (bicyclic) bond motifs is 1. The summed E-state index contributed by atoms with van der Waals surface area (Å²) >= 11 is 7.19. The molecule has 0 aliphatic rings. The molecule has 0 aliphatic carbocycles. The van der Waals surface area contributed by atoms with Crippen molar-refractivity contribution in [2.24, 2.45) is 0 Å². The summed E-state index contributed by atoms with van der Waals surface area (Å²) < 4.78 is 28.1. The Bertz CT molecular complexity index is 889. The van der Waals surface area contributed by atoms with Gasteiger partial charge in [0.1, 0.15) is 4.90 Å². The zero-order valence-electron chi connectivity index (χ0n) is 10.6. The Morgan fingerprint density at radius 1 is 1.19 bits per heavy atom. The number of nitrogens with one attached hydrogen (secondary N) is 1. The fourth-order valence-electron chi connectivity index (χ4n) is 1.81. The Balaban J connectivity index is 2.01. The van der Waals surface area contributed by atoms with Crippen LogP contribution < -0.4 is 10.5 Å². The molecule has 0 saturated heterocycles. The fraction of sp³-hybridized carbons (Fsp3) is 0. The lowest BCUT2D eigenvalue weighted by molar-refractivity contribution is 0.601. The van der Waals surface area contributed by atoms with Crippen molar-refractivity contribution >= 4 is 54.0 Å². The number of benzene rings is 2. The Hall–Kier alpha value is -1.83. The van der Waals surface area contributed by atoms with E-state index < -0.39 is 10.0 Å². The third-order valence-electron chi connectivity index (χ3n) is 2.76. The number of hydrogen-bond acceptors (Lipinski definition) is 5. The van der Waals surface area contributed by atoms with Gasteiger partial charge in [-0.05, 0) is 30.3 Å². The zero-order chi connectivity index (χ0) is 15.0. The molecular formula is C13H10ClN3O2S2. The van der Waals surface area contributed by atoms with Gasteiger partial charge in [0.2, 0.25) is 0 Å². The van der Waals surface area contributed by atoms with Crippen LogP contribution in [0.2, 0.25) is 5.02 Å². The van der Waals surface area contributed by atoms with E-state index in [-0.39, 0.29) is 15.0 Å². The summed E-state index contributed by atoms with van der Waals surface area (Å²) in [5.41, 5.74) is 6.67. The first-order valence-electron chi connectivity index (χ1n) is 5.89. The third-order valence-corrected chi connectivity index (χ3v) is 5.66. The molecule has 108 valence electrons. The number of hydrogen-bond donors (Lipinski definition) is 2. The first kappa shape index (κ1) is 14.1. The molecule has 1 aromatic heterocycles. The van der Waals surface area contributed by atoms with Gasteiger partial charge in [-0.3, -0.25) is 4.72 Å². The minimum Gasteiger partial charge on any atom is -0.399 e. The zero-order valence-corrected chi connectivity index (χ0v) is 13.0. The molecule has 1 heterocycles. The molecule has 2 aromatic carbocycles. The molecular weight excluding hydrogens is 330 g/mol. The summed E-state index contributed by atoms with van der Waals surface area (Å²) in [6.07, 6.45) is 0. The molecule has 0 fully saturated rings. The van der Waals surface area contributed by atoms with E-state index in [0.717, 1.165) is 10.2 Å². The van der Waals surface area contributed by atoms with Crippen LogP contribution >= 0.6 is 22.9 Å². The molecule has 3 N–H and O–H groups in total. The smallest absolute Gasteiger partial charge is 0.265 e. The van der Waals surface area contributed by atoms with Gasteiger partial charge >= 0.3 is 0 Å². The van der Waals surface area contributed by atoms with Gasteiger partial charge in [0, 0.05) is 5.69 Å². The number of sulfonamides is 1. The van der Waals surface area contributed by atoms with Crippen LogP contribution in [0.3, 0.4) is 0 Å². The van der Waals surface area contributed by atoms with Gasteiger partial charge < -0.3 is 5.73 Å². The quantitative estimate of drug-likeness (QED) is 0.717. The molecule has 8 heteroatoms. The number of rotatable bonds is 3. The molecule has 0 spiro atoms. The van der Waals surface area contributed by atoms with Crippen LogP contribution in [0, 0.1) is 0 Å². The van der Waals surface area contributed by atoms with Gasteiger partial charge in [0.15, 0.2) is 5.13 Å². The molecule has 3 rings (SSSR count). The SMILES string of the molecule is Nc1ccc(Cl)c(S(=O)(=O)Nc2nc3ccccc3s2)c1. The lowest BCUT2D eigenvalue weighted by Gasteiger charge is -2.07. The van der Waals surface area contributed by atoms with E-state index in [0.29, 0.717) is 5.69 Å². The molecule has 3 aromatic rings. The van der Waals surface area contributed by atoms with Crippen molar-refractivity contribution in [3.05, 3.63) is 47.5 Å². The summed E-state index contributed by atoms with van der Waals surface area (Å²) in [5.74, 6) is 0. The van der Waals surface area contributed by atoms with Crippen molar-refractivity contribution in [2.45, 2.75) is 4.90 Å². The van der Waals surface area contributed by atoms with Gasteiger partial charge in [-0.25, -0.2) is 13.4 Å². The standard InChI is InChI=1S/C13H10ClN3O2S2/c14-9-6-5-8(15)7-12(9)21(18,19)17-13-16-10-3-1-2-4-11(10)20-13/h1-7H,15H2,(H,16,17).